The van der Waals surface area contributed by atoms with Crippen LogP contribution in [0.5, 0.6) is 0 Å². The first-order valence-corrected chi connectivity index (χ1v) is 7.52. The van der Waals surface area contributed by atoms with Crippen LogP contribution < -0.4 is 5.32 Å². The van der Waals surface area contributed by atoms with Crippen molar-refractivity contribution in [1.29, 1.82) is 0 Å². The summed E-state index contributed by atoms with van der Waals surface area (Å²) in [4.78, 5) is 35.1. The molecule has 0 amide bonds. The van der Waals surface area contributed by atoms with E-state index in [4.69, 9.17) is 4.74 Å². The molecule has 0 aromatic heterocycles. The largest absolute Gasteiger partial charge is 0.516 e. The van der Waals surface area contributed by atoms with Gasteiger partial charge in [0.2, 0.25) is 0 Å². The summed E-state index contributed by atoms with van der Waals surface area (Å²) < 4.78 is 14.1. The van der Waals surface area contributed by atoms with Crippen molar-refractivity contribution in [3.63, 3.8) is 0 Å². The van der Waals surface area contributed by atoms with Gasteiger partial charge in [0.15, 0.2) is 6.04 Å². The maximum Gasteiger partial charge on any atom is 0.516 e. The van der Waals surface area contributed by atoms with Crippen molar-refractivity contribution >= 4 is 18.1 Å². The van der Waals surface area contributed by atoms with Crippen molar-refractivity contribution in [2.45, 2.75) is 26.8 Å². The predicted molar refractivity (Wildman–Crippen MR) is 85.8 cm³/mol. The Kier molecular flexibility index (Phi) is 8.04. The van der Waals surface area contributed by atoms with Crippen LogP contribution in [0.15, 0.2) is 42.1 Å². The van der Waals surface area contributed by atoms with E-state index in [1.165, 1.54) is 6.08 Å². The van der Waals surface area contributed by atoms with Crippen LogP contribution in [0, 0.1) is 0 Å². The Labute approximate surface area is 140 Å². The number of ether oxygens (including phenoxy) is 3. The fourth-order valence-corrected chi connectivity index (χ4v) is 1.84. The Bertz CT molecular complexity index is 596. The van der Waals surface area contributed by atoms with Crippen LogP contribution >= 0.6 is 0 Å². The highest BCUT2D eigenvalue weighted by Gasteiger charge is 2.25. The van der Waals surface area contributed by atoms with Gasteiger partial charge in [0.1, 0.15) is 0 Å². The van der Waals surface area contributed by atoms with Gasteiger partial charge in [-0.1, -0.05) is 30.3 Å². The van der Waals surface area contributed by atoms with E-state index in [-0.39, 0.29) is 13.2 Å². The number of hydrogen-bond acceptors (Lipinski definition) is 7. The summed E-state index contributed by atoms with van der Waals surface area (Å²) in [7, 11) is 0. The first-order valence-electron chi connectivity index (χ1n) is 7.52. The molecule has 0 bridgehead atoms. The third-order valence-corrected chi connectivity index (χ3v) is 2.81. The van der Waals surface area contributed by atoms with Gasteiger partial charge in [0.25, 0.3) is 0 Å². The number of esters is 2. The van der Waals surface area contributed by atoms with Crippen LogP contribution in [-0.2, 0) is 23.8 Å². The molecule has 7 nitrogen and oxygen atoms in total. The summed E-state index contributed by atoms with van der Waals surface area (Å²) in [6.45, 7) is 5.24. The van der Waals surface area contributed by atoms with E-state index in [9.17, 15) is 14.4 Å². The normalized spacial score (nSPS) is 12.0. The molecule has 1 N–H and O–H groups in total. The summed E-state index contributed by atoms with van der Waals surface area (Å²) in [5.41, 5.74) is 0.964. The Hall–Kier alpha value is -2.83. The molecular formula is C17H21NO6. The molecule has 0 saturated heterocycles. The van der Waals surface area contributed by atoms with Crippen LogP contribution in [0.4, 0.5) is 4.79 Å². The highest BCUT2D eigenvalue weighted by molar-refractivity contribution is 5.87. The standard InChI is InChI=1S/C17H21NO6/c1-4-22-14(19)11-12(3)18-15(13-9-7-6-8-10-13)16(20)24-17(21)23-5-2/h6-11,15,18H,4-5H2,1-3H3. The maximum absolute atomic E-state index is 12.2. The Morgan fingerprint density at radius 3 is 2.29 bits per heavy atom. The first-order chi connectivity index (χ1) is 11.5. The molecule has 1 aromatic rings. The van der Waals surface area contributed by atoms with E-state index in [0.29, 0.717) is 11.3 Å². The van der Waals surface area contributed by atoms with Gasteiger partial charge in [-0.2, -0.15) is 0 Å². The highest BCUT2D eigenvalue weighted by Crippen LogP contribution is 2.16. The number of carbonyl (C=O) groups excluding carboxylic acids is 3. The van der Waals surface area contributed by atoms with Gasteiger partial charge < -0.3 is 19.5 Å². The predicted octanol–water partition coefficient (Wildman–Crippen LogP) is 2.48. The second kappa shape index (κ2) is 10.0. The molecule has 7 heteroatoms. The lowest BCUT2D eigenvalue weighted by atomic mass is 10.1. The third kappa shape index (κ3) is 6.51. The minimum atomic E-state index is -1.07. The van der Waals surface area contributed by atoms with Crippen LogP contribution in [-0.4, -0.2) is 31.3 Å². The molecule has 0 radical (unpaired) electrons. The van der Waals surface area contributed by atoms with Crippen LogP contribution in [0.25, 0.3) is 0 Å². The summed E-state index contributed by atoms with van der Waals surface area (Å²) in [5.74, 6) is -1.37. The SMILES string of the molecule is CCOC(=O)C=C(C)NC(C(=O)OC(=O)OCC)c1ccccc1. The van der Waals surface area contributed by atoms with Crippen molar-refractivity contribution in [2.75, 3.05) is 13.2 Å². The van der Waals surface area contributed by atoms with Gasteiger partial charge in [-0.25, -0.2) is 14.4 Å². The molecule has 24 heavy (non-hydrogen) atoms. The molecule has 1 unspecified atom stereocenters. The van der Waals surface area contributed by atoms with Crippen LogP contribution in [0.1, 0.15) is 32.4 Å². The number of rotatable bonds is 7. The van der Waals surface area contributed by atoms with Crippen LogP contribution in [0.3, 0.4) is 0 Å². The lowest BCUT2D eigenvalue weighted by molar-refractivity contribution is -0.142. The van der Waals surface area contributed by atoms with E-state index < -0.39 is 24.1 Å². The van der Waals surface area contributed by atoms with Crippen molar-refractivity contribution < 1.29 is 28.6 Å². The summed E-state index contributed by atoms with van der Waals surface area (Å²) in [5, 5.41) is 2.85. The van der Waals surface area contributed by atoms with E-state index in [1.807, 2.05) is 0 Å². The van der Waals surface area contributed by atoms with Gasteiger partial charge in [-0.05, 0) is 26.3 Å². The zero-order valence-corrected chi connectivity index (χ0v) is 13.9. The van der Waals surface area contributed by atoms with Crippen molar-refractivity contribution in [3.05, 3.63) is 47.7 Å². The second-order valence-electron chi connectivity index (χ2n) is 4.67. The Morgan fingerprint density at radius 1 is 1.08 bits per heavy atom. The Morgan fingerprint density at radius 2 is 1.71 bits per heavy atom. The number of nitrogens with one attached hydrogen (secondary N) is 1. The first kappa shape index (κ1) is 19.2. The summed E-state index contributed by atoms with van der Waals surface area (Å²) in [6, 6.07) is 7.70. The molecule has 0 aliphatic rings. The van der Waals surface area contributed by atoms with Gasteiger partial charge in [-0.3, -0.25) is 0 Å². The molecule has 0 aliphatic heterocycles. The number of carbonyl (C=O) groups is 3. The minimum absolute atomic E-state index is 0.0946. The zero-order chi connectivity index (χ0) is 17.9. The van der Waals surface area contributed by atoms with Crippen LogP contribution in [0.2, 0.25) is 0 Å². The fourth-order valence-electron chi connectivity index (χ4n) is 1.84. The molecule has 1 aromatic carbocycles. The zero-order valence-electron chi connectivity index (χ0n) is 13.9. The lowest BCUT2D eigenvalue weighted by Gasteiger charge is -2.18. The molecule has 0 heterocycles. The van der Waals surface area contributed by atoms with E-state index in [2.05, 4.69) is 14.8 Å². The molecule has 0 aliphatic carbocycles. The maximum atomic E-state index is 12.2. The average molecular weight is 335 g/mol. The van der Waals surface area contributed by atoms with Crippen molar-refractivity contribution in [2.24, 2.45) is 0 Å². The molecule has 0 spiro atoms. The van der Waals surface area contributed by atoms with Crippen molar-refractivity contribution in [3.8, 4) is 0 Å². The number of allylic oxidation sites excluding steroid dienone is 1. The average Bonchev–Trinajstić information content (AvgIpc) is 2.53. The monoisotopic (exact) mass is 335 g/mol. The topological polar surface area (TPSA) is 90.9 Å². The van der Waals surface area contributed by atoms with E-state index in [0.717, 1.165) is 0 Å². The number of benzene rings is 1. The number of hydrogen-bond donors (Lipinski definition) is 1. The molecule has 1 rings (SSSR count). The minimum Gasteiger partial charge on any atom is -0.463 e. The molecular weight excluding hydrogens is 314 g/mol. The van der Waals surface area contributed by atoms with Crippen molar-refractivity contribution in [1.82, 2.24) is 5.32 Å². The molecule has 1 atom stereocenters. The Balaban J connectivity index is 2.92. The highest BCUT2D eigenvalue weighted by atomic mass is 16.7. The fraction of sp³-hybridized carbons (Fsp3) is 0.353. The third-order valence-electron chi connectivity index (χ3n) is 2.81. The van der Waals surface area contributed by atoms with Gasteiger partial charge >= 0.3 is 18.1 Å². The molecule has 130 valence electrons. The second-order valence-corrected chi connectivity index (χ2v) is 4.67. The van der Waals surface area contributed by atoms with Gasteiger partial charge in [0.05, 0.1) is 13.2 Å². The smallest absolute Gasteiger partial charge is 0.463 e. The van der Waals surface area contributed by atoms with E-state index in [1.54, 1.807) is 51.1 Å². The van der Waals surface area contributed by atoms with E-state index >= 15 is 0 Å². The molecule has 0 fully saturated rings. The molecule has 0 saturated carbocycles. The quantitative estimate of drug-likeness (QED) is 0.465. The summed E-state index contributed by atoms with van der Waals surface area (Å²) >= 11 is 0. The summed E-state index contributed by atoms with van der Waals surface area (Å²) in [6.07, 6.45) is 0.147. The van der Waals surface area contributed by atoms with Gasteiger partial charge in [0, 0.05) is 11.8 Å². The van der Waals surface area contributed by atoms with Gasteiger partial charge in [-0.15, -0.1) is 0 Å². The lowest BCUT2D eigenvalue weighted by Crippen LogP contribution is -2.31.